The van der Waals surface area contributed by atoms with Crippen LogP contribution in [0.15, 0.2) is 36.4 Å². The highest BCUT2D eigenvalue weighted by atomic mass is 35.5. The van der Waals surface area contributed by atoms with E-state index in [1.54, 1.807) is 18.2 Å². The number of carbonyl (C=O) groups is 3. The predicted molar refractivity (Wildman–Crippen MR) is 97.5 cm³/mol. The minimum atomic E-state index is -0.338. The van der Waals surface area contributed by atoms with Crippen molar-refractivity contribution < 1.29 is 19.5 Å². The van der Waals surface area contributed by atoms with Gasteiger partial charge in [0.15, 0.2) is 0 Å². The molecule has 2 N–H and O–H groups in total. The number of halogens is 1. The van der Waals surface area contributed by atoms with Gasteiger partial charge in [-0.15, -0.1) is 0 Å². The van der Waals surface area contributed by atoms with Crippen molar-refractivity contribution in [3.63, 3.8) is 0 Å². The third-order valence-electron chi connectivity index (χ3n) is 4.14. The summed E-state index contributed by atoms with van der Waals surface area (Å²) in [6.45, 7) is 2.01. The molecule has 0 aliphatic carbocycles. The summed E-state index contributed by atoms with van der Waals surface area (Å²) < 4.78 is 0. The fourth-order valence-corrected chi connectivity index (χ4v) is 3.00. The van der Waals surface area contributed by atoms with Crippen LogP contribution in [-0.2, 0) is 4.79 Å². The molecule has 1 aliphatic rings. The molecule has 26 heavy (non-hydrogen) atoms. The number of imide groups is 1. The van der Waals surface area contributed by atoms with Gasteiger partial charge in [-0.2, -0.15) is 0 Å². The van der Waals surface area contributed by atoms with Gasteiger partial charge in [-0.25, -0.2) is 0 Å². The number of benzene rings is 2. The lowest BCUT2D eigenvalue weighted by Crippen LogP contribution is -2.31. The molecule has 0 atom stereocenters. The molecular weight excluding hydrogens is 356 g/mol. The summed E-state index contributed by atoms with van der Waals surface area (Å²) in [6, 6.07) is 9.48. The first-order valence-corrected chi connectivity index (χ1v) is 8.50. The molecule has 3 amide bonds. The number of hydrogen-bond donors (Lipinski definition) is 2. The fourth-order valence-electron chi connectivity index (χ4n) is 2.83. The Morgan fingerprint density at radius 2 is 1.85 bits per heavy atom. The maximum Gasteiger partial charge on any atom is 0.261 e. The number of rotatable bonds is 5. The number of carbonyl (C=O) groups excluding carboxylic acids is 3. The van der Waals surface area contributed by atoms with Crippen molar-refractivity contribution in [1.82, 2.24) is 4.90 Å². The smallest absolute Gasteiger partial charge is 0.261 e. The van der Waals surface area contributed by atoms with Gasteiger partial charge in [-0.3, -0.25) is 19.3 Å². The van der Waals surface area contributed by atoms with Crippen molar-refractivity contribution in [2.24, 2.45) is 0 Å². The van der Waals surface area contributed by atoms with E-state index in [4.69, 9.17) is 11.6 Å². The largest absolute Gasteiger partial charge is 0.506 e. The van der Waals surface area contributed by atoms with Crippen LogP contribution in [0.5, 0.6) is 5.75 Å². The van der Waals surface area contributed by atoms with Gasteiger partial charge in [0.25, 0.3) is 11.8 Å². The average Bonchev–Trinajstić information content (AvgIpc) is 2.82. The van der Waals surface area contributed by atoms with Gasteiger partial charge in [-0.05, 0) is 43.7 Å². The quantitative estimate of drug-likeness (QED) is 0.622. The summed E-state index contributed by atoms with van der Waals surface area (Å²) >= 11 is 5.83. The molecule has 0 spiro atoms. The molecule has 134 valence electrons. The maximum atomic E-state index is 12.4. The Balaban J connectivity index is 1.57. The lowest BCUT2D eigenvalue weighted by atomic mass is 10.1. The molecule has 7 heteroatoms. The third kappa shape index (κ3) is 3.55. The van der Waals surface area contributed by atoms with Crippen LogP contribution in [0.25, 0.3) is 0 Å². The summed E-state index contributed by atoms with van der Waals surface area (Å²) in [7, 11) is 0. The zero-order valence-electron chi connectivity index (χ0n) is 14.1. The molecule has 0 bridgehead atoms. The minimum absolute atomic E-state index is 0.0848. The van der Waals surface area contributed by atoms with E-state index >= 15 is 0 Å². The van der Waals surface area contributed by atoms with Gasteiger partial charge in [-0.1, -0.05) is 23.2 Å². The number of amides is 3. The van der Waals surface area contributed by atoms with Gasteiger partial charge in [0.05, 0.1) is 16.8 Å². The van der Waals surface area contributed by atoms with E-state index in [2.05, 4.69) is 5.32 Å². The number of aryl methyl sites for hydroxylation is 1. The molecule has 0 saturated heterocycles. The van der Waals surface area contributed by atoms with Crippen molar-refractivity contribution in [3.05, 3.63) is 58.1 Å². The molecule has 3 rings (SSSR count). The molecule has 0 unspecified atom stereocenters. The minimum Gasteiger partial charge on any atom is -0.506 e. The van der Waals surface area contributed by atoms with Gasteiger partial charge in [0.1, 0.15) is 5.75 Å². The van der Waals surface area contributed by atoms with Gasteiger partial charge < -0.3 is 10.4 Å². The monoisotopic (exact) mass is 372 g/mol. The van der Waals surface area contributed by atoms with Crippen molar-refractivity contribution in [2.45, 2.75) is 19.8 Å². The molecule has 2 aromatic carbocycles. The molecule has 0 saturated carbocycles. The van der Waals surface area contributed by atoms with E-state index in [1.807, 2.05) is 6.92 Å². The Kier molecular flexibility index (Phi) is 4.95. The highest BCUT2D eigenvalue weighted by Crippen LogP contribution is 2.27. The van der Waals surface area contributed by atoms with Crippen LogP contribution >= 0.6 is 11.6 Å². The number of phenolic OH excluding ortho intramolecular Hbond substituents is 1. The lowest BCUT2D eigenvalue weighted by molar-refractivity contribution is -0.116. The van der Waals surface area contributed by atoms with Crippen LogP contribution < -0.4 is 5.32 Å². The fraction of sp³-hybridized carbons (Fsp3) is 0.211. The number of nitrogens with one attached hydrogen (secondary N) is 1. The molecule has 6 nitrogen and oxygen atoms in total. The van der Waals surface area contributed by atoms with Crippen LogP contribution in [0.4, 0.5) is 5.69 Å². The van der Waals surface area contributed by atoms with Crippen molar-refractivity contribution in [3.8, 4) is 5.75 Å². The van der Waals surface area contributed by atoms with Crippen molar-refractivity contribution in [1.29, 1.82) is 0 Å². The average molecular weight is 373 g/mol. The second kappa shape index (κ2) is 7.17. The summed E-state index contributed by atoms with van der Waals surface area (Å²) in [5, 5.41) is 12.7. The van der Waals surface area contributed by atoms with E-state index in [9.17, 15) is 19.5 Å². The number of phenols is 1. The zero-order valence-corrected chi connectivity index (χ0v) is 14.8. The summed E-state index contributed by atoms with van der Waals surface area (Å²) in [6.07, 6.45) is 0.413. The standard InChI is InChI=1S/C19H17ClN2O4/c1-11-4-6-13-14(9-11)19(26)22(18(13)25)8-2-3-17(24)21-15-10-12(20)5-7-16(15)23/h4-7,9-10,23H,2-3,8H2,1H3,(H,21,24). The SMILES string of the molecule is Cc1ccc2c(c1)C(=O)N(CCCC(=O)Nc1cc(Cl)ccc1O)C2=O. The highest BCUT2D eigenvalue weighted by Gasteiger charge is 2.34. The second-order valence-corrected chi connectivity index (χ2v) is 6.56. The van der Waals surface area contributed by atoms with E-state index < -0.39 is 0 Å². The van der Waals surface area contributed by atoms with Crippen LogP contribution in [0, 0.1) is 6.92 Å². The number of aromatic hydroxyl groups is 1. The molecule has 1 aliphatic heterocycles. The predicted octanol–water partition coefficient (Wildman–Crippen LogP) is 3.37. The van der Waals surface area contributed by atoms with Crippen LogP contribution in [0.1, 0.15) is 39.1 Å². The van der Waals surface area contributed by atoms with Gasteiger partial charge in [0, 0.05) is 18.0 Å². The van der Waals surface area contributed by atoms with E-state index in [0.717, 1.165) is 10.5 Å². The Morgan fingerprint density at radius 1 is 1.12 bits per heavy atom. The van der Waals surface area contributed by atoms with Crippen LogP contribution in [0.3, 0.4) is 0 Å². The normalized spacial score (nSPS) is 13.1. The lowest BCUT2D eigenvalue weighted by Gasteiger charge is -2.13. The first kappa shape index (κ1) is 17.9. The first-order valence-electron chi connectivity index (χ1n) is 8.12. The van der Waals surface area contributed by atoms with Crippen molar-refractivity contribution >= 4 is 35.0 Å². The molecule has 2 aromatic rings. The number of nitrogens with zero attached hydrogens (tertiary/aromatic N) is 1. The molecule has 0 fully saturated rings. The summed E-state index contributed by atoms with van der Waals surface area (Å²) in [5.74, 6) is -1.09. The number of anilines is 1. The van der Waals surface area contributed by atoms with E-state index in [-0.39, 0.29) is 42.1 Å². The highest BCUT2D eigenvalue weighted by molar-refractivity contribution is 6.31. The van der Waals surface area contributed by atoms with Crippen LogP contribution in [-0.4, -0.2) is 34.3 Å². The molecule has 1 heterocycles. The second-order valence-electron chi connectivity index (χ2n) is 6.12. The Morgan fingerprint density at radius 3 is 2.62 bits per heavy atom. The van der Waals surface area contributed by atoms with Gasteiger partial charge in [0.2, 0.25) is 5.91 Å². The van der Waals surface area contributed by atoms with Crippen LogP contribution in [0.2, 0.25) is 5.02 Å². The van der Waals surface area contributed by atoms with E-state index in [0.29, 0.717) is 22.6 Å². The Bertz CT molecular complexity index is 910. The van der Waals surface area contributed by atoms with Gasteiger partial charge >= 0.3 is 0 Å². The zero-order chi connectivity index (χ0) is 18.8. The van der Waals surface area contributed by atoms with E-state index in [1.165, 1.54) is 18.2 Å². The maximum absolute atomic E-state index is 12.4. The number of fused-ring (bicyclic) bond motifs is 1. The summed E-state index contributed by atoms with van der Waals surface area (Å²) in [4.78, 5) is 37.9. The summed E-state index contributed by atoms with van der Waals surface area (Å²) in [5.41, 5.74) is 1.93. The Hall–Kier alpha value is -2.86. The molecule has 0 radical (unpaired) electrons. The topological polar surface area (TPSA) is 86.7 Å². The molecular formula is C19H17ClN2O4. The first-order chi connectivity index (χ1) is 12.4. The van der Waals surface area contributed by atoms with Crippen molar-refractivity contribution in [2.75, 3.05) is 11.9 Å². The number of hydrogen-bond acceptors (Lipinski definition) is 4. The third-order valence-corrected chi connectivity index (χ3v) is 4.38. The Labute approximate surface area is 155 Å². The molecule has 0 aromatic heterocycles.